The average Bonchev–Trinajstić information content (AvgIpc) is 3.11. The Kier molecular flexibility index (Phi) is 5.91. The summed E-state index contributed by atoms with van der Waals surface area (Å²) in [6.07, 6.45) is 0. The van der Waals surface area contributed by atoms with Gasteiger partial charge < -0.3 is 9.15 Å². The molecule has 1 atom stereocenters. The Morgan fingerprint density at radius 3 is 2.73 bits per heavy atom. The first kappa shape index (κ1) is 18.4. The van der Waals surface area contributed by atoms with Gasteiger partial charge in [0.25, 0.3) is 0 Å². The van der Waals surface area contributed by atoms with Crippen LogP contribution >= 0.6 is 11.6 Å². The zero-order chi connectivity index (χ0) is 18.5. The molecule has 0 radical (unpaired) electrons. The van der Waals surface area contributed by atoms with Crippen LogP contribution in [0.1, 0.15) is 24.4 Å². The Morgan fingerprint density at radius 2 is 1.96 bits per heavy atom. The zero-order valence-electron chi connectivity index (χ0n) is 15.1. The minimum atomic E-state index is -0.0171. The van der Waals surface area contributed by atoms with E-state index in [2.05, 4.69) is 15.1 Å². The summed E-state index contributed by atoms with van der Waals surface area (Å²) in [6.45, 7) is 5.40. The lowest BCUT2D eigenvalue weighted by Gasteiger charge is -2.21. The predicted molar refractivity (Wildman–Crippen MR) is 102 cm³/mol. The van der Waals surface area contributed by atoms with Crippen LogP contribution in [0, 0.1) is 6.92 Å². The minimum absolute atomic E-state index is 0.0171. The van der Waals surface area contributed by atoms with Crippen molar-refractivity contribution in [2.24, 2.45) is 0 Å². The lowest BCUT2D eigenvalue weighted by atomic mass is 10.2. The van der Waals surface area contributed by atoms with Gasteiger partial charge in [-0.3, -0.25) is 4.90 Å². The van der Waals surface area contributed by atoms with E-state index in [1.807, 2.05) is 69.4 Å². The minimum Gasteiger partial charge on any atom is -0.492 e. The molecule has 0 saturated carbocycles. The fourth-order valence-corrected chi connectivity index (χ4v) is 2.73. The molecule has 0 N–H and O–H groups in total. The number of nitrogens with zero attached hydrogens (tertiary/aromatic N) is 3. The fraction of sp³-hybridized carbons (Fsp3) is 0.300. The predicted octanol–water partition coefficient (Wildman–Crippen LogP) is 4.77. The first-order chi connectivity index (χ1) is 12.5. The third kappa shape index (κ3) is 4.62. The van der Waals surface area contributed by atoms with Crippen LogP contribution in [0.5, 0.6) is 5.75 Å². The van der Waals surface area contributed by atoms with Crippen LogP contribution in [0.25, 0.3) is 11.5 Å². The molecule has 0 unspecified atom stereocenters. The molecular weight excluding hydrogens is 350 g/mol. The van der Waals surface area contributed by atoms with Gasteiger partial charge in [-0.1, -0.05) is 29.8 Å². The molecule has 0 amide bonds. The van der Waals surface area contributed by atoms with Crippen molar-refractivity contribution >= 4 is 11.6 Å². The Bertz CT molecular complexity index is 866. The van der Waals surface area contributed by atoms with E-state index in [0.29, 0.717) is 23.4 Å². The summed E-state index contributed by atoms with van der Waals surface area (Å²) < 4.78 is 11.6. The second-order valence-corrected chi connectivity index (χ2v) is 6.71. The molecule has 2 aromatic carbocycles. The maximum Gasteiger partial charge on any atom is 0.247 e. The molecular formula is C20H22ClN3O2. The molecule has 0 spiro atoms. The van der Waals surface area contributed by atoms with E-state index < -0.39 is 0 Å². The normalized spacial score (nSPS) is 12.3. The summed E-state index contributed by atoms with van der Waals surface area (Å²) in [5.41, 5.74) is 2.00. The maximum absolute atomic E-state index is 6.02. The van der Waals surface area contributed by atoms with Crippen LogP contribution in [0.4, 0.5) is 0 Å². The SMILES string of the molecule is Cc1cccc(OCCN(C)[C@H](C)c2nnc(-c3cccc(Cl)c3)o2)c1. The maximum atomic E-state index is 6.02. The summed E-state index contributed by atoms with van der Waals surface area (Å²) in [7, 11) is 2.01. The third-order valence-corrected chi connectivity index (χ3v) is 4.47. The second kappa shape index (κ2) is 8.34. The molecule has 136 valence electrons. The smallest absolute Gasteiger partial charge is 0.247 e. The molecule has 0 bridgehead atoms. The number of likely N-dealkylation sites (N-methyl/N-ethyl adjacent to an activating group) is 1. The van der Waals surface area contributed by atoms with E-state index in [1.165, 1.54) is 5.56 Å². The second-order valence-electron chi connectivity index (χ2n) is 6.28. The van der Waals surface area contributed by atoms with E-state index in [4.69, 9.17) is 20.8 Å². The molecule has 26 heavy (non-hydrogen) atoms. The Morgan fingerprint density at radius 1 is 1.15 bits per heavy atom. The Labute approximate surface area is 158 Å². The van der Waals surface area contributed by atoms with Crippen molar-refractivity contribution in [2.45, 2.75) is 19.9 Å². The van der Waals surface area contributed by atoms with Crippen molar-refractivity contribution in [3.05, 3.63) is 65.0 Å². The van der Waals surface area contributed by atoms with Crippen molar-refractivity contribution in [1.82, 2.24) is 15.1 Å². The molecule has 0 saturated heterocycles. The first-order valence-electron chi connectivity index (χ1n) is 8.52. The van der Waals surface area contributed by atoms with E-state index >= 15 is 0 Å². The topological polar surface area (TPSA) is 51.4 Å². The number of hydrogen-bond acceptors (Lipinski definition) is 5. The van der Waals surface area contributed by atoms with Gasteiger partial charge in [-0.2, -0.15) is 0 Å². The van der Waals surface area contributed by atoms with Crippen LogP contribution in [-0.2, 0) is 0 Å². The van der Waals surface area contributed by atoms with Crippen LogP contribution in [0.15, 0.2) is 52.9 Å². The van der Waals surface area contributed by atoms with E-state index in [0.717, 1.165) is 17.9 Å². The van der Waals surface area contributed by atoms with E-state index in [1.54, 1.807) is 0 Å². The highest BCUT2D eigenvalue weighted by Crippen LogP contribution is 2.25. The van der Waals surface area contributed by atoms with Gasteiger partial charge in [0.05, 0.1) is 6.04 Å². The van der Waals surface area contributed by atoms with Crippen molar-refractivity contribution in [1.29, 1.82) is 0 Å². The number of hydrogen-bond donors (Lipinski definition) is 0. The van der Waals surface area contributed by atoms with Gasteiger partial charge in [-0.05, 0) is 56.8 Å². The Balaban J connectivity index is 1.57. The highest BCUT2D eigenvalue weighted by Gasteiger charge is 2.19. The number of benzene rings is 2. The molecule has 0 fully saturated rings. The quantitative estimate of drug-likeness (QED) is 0.598. The van der Waals surface area contributed by atoms with E-state index in [-0.39, 0.29) is 6.04 Å². The van der Waals surface area contributed by atoms with Crippen LogP contribution < -0.4 is 4.74 Å². The molecule has 5 nitrogen and oxygen atoms in total. The van der Waals surface area contributed by atoms with Gasteiger partial charge in [-0.15, -0.1) is 10.2 Å². The molecule has 1 aromatic heterocycles. The number of halogens is 1. The van der Waals surface area contributed by atoms with Crippen molar-refractivity contribution in [2.75, 3.05) is 20.2 Å². The summed E-state index contributed by atoms with van der Waals surface area (Å²) in [6, 6.07) is 15.4. The molecule has 1 heterocycles. The summed E-state index contributed by atoms with van der Waals surface area (Å²) >= 11 is 6.02. The molecule has 0 aliphatic rings. The third-order valence-electron chi connectivity index (χ3n) is 4.23. The summed E-state index contributed by atoms with van der Waals surface area (Å²) in [5.74, 6) is 1.92. The number of aryl methyl sites for hydroxylation is 1. The number of rotatable bonds is 7. The average molecular weight is 372 g/mol. The lowest BCUT2D eigenvalue weighted by Crippen LogP contribution is -2.27. The molecule has 0 aliphatic carbocycles. The lowest BCUT2D eigenvalue weighted by molar-refractivity contribution is 0.182. The zero-order valence-corrected chi connectivity index (χ0v) is 15.9. The van der Waals surface area contributed by atoms with Gasteiger partial charge in [0, 0.05) is 17.1 Å². The summed E-state index contributed by atoms with van der Waals surface area (Å²) in [5, 5.41) is 8.95. The monoisotopic (exact) mass is 371 g/mol. The summed E-state index contributed by atoms with van der Waals surface area (Å²) in [4.78, 5) is 2.12. The van der Waals surface area contributed by atoms with Gasteiger partial charge in [0.1, 0.15) is 12.4 Å². The molecule has 0 aliphatic heterocycles. The first-order valence-corrected chi connectivity index (χ1v) is 8.90. The van der Waals surface area contributed by atoms with Crippen molar-refractivity contribution < 1.29 is 9.15 Å². The van der Waals surface area contributed by atoms with Gasteiger partial charge in [-0.25, -0.2) is 0 Å². The van der Waals surface area contributed by atoms with Crippen LogP contribution in [0.3, 0.4) is 0 Å². The van der Waals surface area contributed by atoms with Gasteiger partial charge >= 0.3 is 0 Å². The van der Waals surface area contributed by atoms with Crippen LogP contribution in [0.2, 0.25) is 5.02 Å². The van der Waals surface area contributed by atoms with Crippen molar-refractivity contribution in [3.63, 3.8) is 0 Å². The highest BCUT2D eigenvalue weighted by molar-refractivity contribution is 6.30. The molecule has 3 rings (SSSR count). The molecule has 6 heteroatoms. The van der Waals surface area contributed by atoms with Crippen molar-refractivity contribution in [3.8, 4) is 17.2 Å². The van der Waals surface area contributed by atoms with Gasteiger partial charge in [0.2, 0.25) is 11.8 Å². The fourth-order valence-electron chi connectivity index (χ4n) is 2.54. The van der Waals surface area contributed by atoms with E-state index in [9.17, 15) is 0 Å². The standard InChI is InChI=1S/C20H22ClN3O2/c1-14-6-4-9-18(12-14)25-11-10-24(3)15(2)19-22-23-20(26-19)16-7-5-8-17(21)13-16/h4-9,12-13,15H,10-11H2,1-3H3/t15-/m1/s1. The number of aromatic nitrogens is 2. The van der Waals surface area contributed by atoms with Crippen LogP contribution in [-0.4, -0.2) is 35.3 Å². The Hall–Kier alpha value is -2.37. The molecule has 3 aromatic rings. The highest BCUT2D eigenvalue weighted by atomic mass is 35.5. The number of ether oxygens (including phenoxy) is 1. The van der Waals surface area contributed by atoms with Gasteiger partial charge in [0.15, 0.2) is 0 Å². The largest absolute Gasteiger partial charge is 0.492 e.